The zero-order chi connectivity index (χ0) is 14.5. The van der Waals surface area contributed by atoms with Crippen molar-refractivity contribution in [3.05, 3.63) is 70.8 Å². The molecule has 0 saturated carbocycles. The topological polar surface area (TPSA) is 21.3 Å². The van der Waals surface area contributed by atoms with E-state index in [2.05, 4.69) is 53.8 Å². The second-order valence-electron chi connectivity index (χ2n) is 5.66. The minimum absolute atomic E-state index is 0.558. The Kier molecular flexibility index (Phi) is 4.69. The number of hydrogen-bond donors (Lipinski definition) is 1. The molecule has 2 heteroatoms. The van der Waals surface area contributed by atoms with Gasteiger partial charge in [-0.25, -0.2) is 0 Å². The van der Waals surface area contributed by atoms with Gasteiger partial charge < -0.3 is 10.1 Å². The molecule has 0 unspecified atom stereocenters. The number of ether oxygens (including phenoxy) is 1. The lowest BCUT2D eigenvalue weighted by Crippen LogP contribution is -2.29. The quantitative estimate of drug-likeness (QED) is 0.875. The summed E-state index contributed by atoms with van der Waals surface area (Å²) in [5, 5.41) is 3.71. The Morgan fingerprint density at radius 3 is 2.24 bits per heavy atom. The summed E-state index contributed by atoms with van der Waals surface area (Å²) in [5.74, 6) is 0. The van der Waals surface area contributed by atoms with Crippen molar-refractivity contribution in [3.63, 3.8) is 0 Å². The van der Waals surface area contributed by atoms with Gasteiger partial charge in [-0.3, -0.25) is 0 Å². The van der Waals surface area contributed by atoms with Crippen LogP contribution in [0, 0.1) is 0 Å². The third-order valence-corrected chi connectivity index (χ3v) is 4.21. The van der Waals surface area contributed by atoms with Gasteiger partial charge in [-0.1, -0.05) is 48.5 Å². The van der Waals surface area contributed by atoms with E-state index in [1.165, 1.54) is 22.3 Å². The minimum Gasteiger partial charge on any atom is -0.377 e. The average Bonchev–Trinajstić information content (AvgIpc) is 2.94. The van der Waals surface area contributed by atoms with Gasteiger partial charge in [0, 0.05) is 19.2 Å². The maximum Gasteiger partial charge on any atom is 0.0719 e. The third-order valence-electron chi connectivity index (χ3n) is 4.21. The van der Waals surface area contributed by atoms with Crippen molar-refractivity contribution < 1.29 is 4.74 Å². The Bertz CT molecular complexity index is 569. The van der Waals surface area contributed by atoms with Crippen LogP contribution in [0.25, 0.3) is 0 Å². The molecule has 2 nitrogen and oxygen atoms in total. The predicted octanol–water partition coefficient (Wildman–Crippen LogP) is 3.48. The fourth-order valence-electron chi connectivity index (χ4n) is 3.04. The molecule has 3 rings (SSSR count). The Morgan fingerprint density at radius 2 is 1.57 bits per heavy atom. The fourth-order valence-corrected chi connectivity index (χ4v) is 3.04. The summed E-state index contributed by atoms with van der Waals surface area (Å²) < 4.78 is 5.55. The van der Waals surface area contributed by atoms with Gasteiger partial charge in [-0.15, -0.1) is 0 Å². The second kappa shape index (κ2) is 6.88. The molecule has 21 heavy (non-hydrogen) atoms. The number of benzene rings is 2. The number of rotatable bonds is 6. The summed E-state index contributed by atoms with van der Waals surface area (Å²) in [7, 11) is 0. The third kappa shape index (κ3) is 3.52. The van der Waals surface area contributed by atoms with Crippen LogP contribution in [-0.4, -0.2) is 12.6 Å². The zero-order valence-corrected chi connectivity index (χ0v) is 12.6. The van der Waals surface area contributed by atoms with Crippen LogP contribution in [0.1, 0.15) is 29.2 Å². The van der Waals surface area contributed by atoms with Crippen LogP contribution in [-0.2, 0) is 30.7 Å². The maximum absolute atomic E-state index is 5.55. The number of hydrogen-bond acceptors (Lipinski definition) is 2. The summed E-state index contributed by atoms with van der Waals surface area (Å²) in [5.41, 5.74) is 5.64. The normalized spacial score (nSPS) is 14.3. The molecule has 0 amide bonds. The average molecular weight is 281 g/mol. The molecule has 1 aliphatic carbocycles. The molecule has 0 atom stereocenters. The molecule has 0 spiro atoms. The van der Waals surface area contributed by atoms with Crippen molar-refractivity contribution in [2.24, 2.45) is 0 Å². The molecule has 2 aromatic carbocycles. The minimum atomic E-state index is 0.558. The van der Waals surface area contributed by atoms with Crippen LogP contribution < -0.4 is 5.32 Å². The lowest BCUT2D eigenvalue weighted by Gasteiger charge is -2.14. The van der Waals surface area contributed by atoms with E-state index in [4.69, 9.17) is 4.74 Å². The van der Waals surface area contributed by atoms with Crippen LogP contribution in [0.5, 0.6) is 0 Å². The fraction of sp³-hybridized carbons (Fsp3) is 0.368. The van der Waals surface area contributed by atoms with Gasteiger partial charge >= 0.3 is 0 Å². The highest BCUT2D eigenvalue weighted by Gasteiger charge is 2.20. The Balaban J connectivity index is 1.59. The van der Waals surface area contributed by atoms with E-state index in [1.807, 2.05) is 6.92 Å². The first-order chi connectivity index (χ1) is 10.4. The second-order valence-corrected chi connectivity index (χ2v) is 5.66. The standard InChI is InChI=1S/C19H23NO/c1-2-21-14-18-10-6-5-9-17(18)13-20-19-11-15-7-3-4-8-16(15)12-19/h3-10,19-20H,2,11-14H2,1H3. The van der Waals surface area contributed by atoms with Crippen molar-refractivity contribution >= 4 is 0 Å². The van der Waals surface area contributed by atoms with Gasteiger partial charge in [0.15, 0.2) is 0 Å². The van der Waals surface area contributed by atoms with Crippen LogP contribution >= 0.6 is 0 Å². The molecule has 0 radical (unpaired) electrons. The van der Waals surface area contributed by atoms with Gasteiger partial charge in [0.2, 0.25) is 0 Å². The summed E-state index contributed by atoms with van der Waals surface area (Å²) in [6, 6.07) is 17.9. The monoisotopic (exact) mass is 281 g/mol. The number of fused-ring (bicyclic) bond motifs is 1. The smallest absolute Gasteiger partial charge is 0.0719 e. The Labute approximate surface area is 127 Å². The van der Waals surface area contributed by atoms with Crippen LogP contribution in [0.2, 0.25) is 0 Å². The SMILES string of the molecule is CCOCc1ccccc1CNC1Cc2ccccc2C1. The molecule has 0 aromatic heterocycles. The molecular formula is C19H23NO. The molecule has 0 saturated heterocycles. The van der Waals surface area contributed by atoms with Crippen molar-refractivity contribution in [3.8, 4) is 0 Å². The summed E-state index contributed by atoms with van der Waals surface area (Å²) in [6.07, 6.45) is 2.29. The Hall–Kier alpha value is -1.64. The number of nitrogens with one attached hydrogen (secondary N) is 1. The largest absolute Gasteiger partial charge is 0.377 e. The van der Waals surface area contributed by atoms with Crippen molar-refractivity contribution in [2.75, 3.05) is 6.61 Å². The van der Waals surface area contributed by atoms with Crippen LogP contribution in [0.15, 0.2) is 48.5 Å². The highest BCUT2D eigenvalue weighted by molar-refractivity contribution is 5.33. The lowest BCUT2D eigenvalue weighted by atomic mass is 10.1. The van der Waals surface area contributed by atoms with E-state index >= 15 is 0 Å². The zero-order valence-electron chi connectivity index (χ0n) is 12.6. The van der Waals surface area contributed by atoms with Crippen molar-refractivity contribution in [2.45, 2.75) is 39.0 Å². The molecule has 1 aliphatic rings. The van der Waals surface area contributed by atoms with Crippen molar-refractivity contribution in [1.82, 2.24) is 5.32 Å². The first-order valence-corrected chi connectivity index (χ1v) is 7.81. The highest BCUT2D eigenvalue weighted by Crippen LogP contribution is 2.22. The maximum atomic E-state index is 5.55. The predicted molar refractivity (Wildman–Crippen MR) is 86.2 cm³/mol. The first-order valence-electron chi connectivity index (χ1n) is 7.81. The molecule has 0 bridgehead atoms. The molecule has 1 N–H and O–H groups in total. The van der Waals surface area contributed by atoms with Gasteiger partial charge in [0.1, 0.15) is 0 Å². The highest BCUT2D eigenvalue weighted by atomic mass is 16.5. The van der Waals surface area contributed by atoms with E-state index < -0.39 is 0 Å². The van der Waals surface area contributed by atoms with Crippen LogP contribution in [0.4, 0.5) is 0 Å². The van der Waals surface area contributed by atoms with Gasteiger partial charge in [0.25, 0.3) is 0 Å². The van der Waals surface area contributed by atoms with E-state index in [1.54, 1.807) is 0 Å². The summed E-state index contributed by atoms with van der Waals surface area (Å²) >= 11 is 0. The lowest BCUT2D eigenvalue weighted by molar-refractivity contribution is 0.133. The van der Waals surface area contributed by atoms with E-state index in [9.17, 15) is 0 Å². The first kappa shape index (κ1) is 14.3. The molecular weight excluding hydrogens is 258 g/mol. The molecule has 0 heterocycles. The van der Waals surface area contributed by atoms with E-state index in [-0.39, 0.29) is 0 Å². The van der Waals surface area contributed by atoms with Gasteiger partial charge in [-0.2, -0.15) is 0 Å². The summed E-state index contributed by atoms with van der Waals surface area (Å²) in [4.78, 5) is 0. The molecule has 0 fully saturated rings. The Morgan fingerprint density at radius 1 is 0.952 bits per heavy atom. The van der Waals surface area contributed by atoms with E-state index in [0.717, 1.165) is 26.0 Å². The van der Waals surface area contributed by atoms with Crippen molar-refractivity contribution in [1.29, 1.82) is 0 Å². The van der Waals surface area contributed by atoms with Crippen LogP contribution in [0.3, 0.4) is 0 Å². The van der Waals surface area contributed by atoms with E-state index in [0.29, 0.717) is 12.6 Å². The summed E-state index contributed by atoms with van der Waals surface area (Å²) in [6.45, 7) is 4.43. The van der Waals surface area contributed by atoms with Gasteiger partial charge in [-0.05, 0) is 42.0 Å². The molecule has 2 aromatic rings. The molecule has 110 valence electrons. The molecule has 0 aliphatic heterocycles. The van der Waals surface area contributed by atoms with Gasteiger partial charge in [0.05, 0.1) is 6.61 Å².